The molecule has 9 nitrogen and oxygen atoms in total. The molecule has 1 amide bonds. The molecule has 38 heavy (non-hydrogen) atoms. The van der Waals surface area contributed by atoms with Crippen LogP contribution in [0, 0.1) is 11.7 Å². The summed E-state index contributed by atoms with van der Waals surface area (Å²) in [5.74, 6) is -1.12. The third kappa shape index (κ3) is 5.20. The number of carbonyl (C=O) groups is 1. The van der Waals surface area contributed by atoms with Gasteiger partial charge in [-0.2, -0.15) is 0 Å². The number of rotatable bonds is 6. The Morgan fingerprint density at radius 1 is 1.18 bits per heavy atom. The molecular weight excluding hydrogens is 527 g/mol. The van der Waals surface area contributed by atoms with Crippen molar-refractivity contribution in [3.63, 3.8) is 0 Å². The maximum absolute atomic E-state index is 15.8. The predicted molar refractivity (Wildman–Crippen MR) is 132 cm³/mol. The molecule has 0 bridgehead atoms. The predicted octanol–water partition coefficient (Wildman–Crippen LogP) is 3.50. The molecule has 0 N–H and O–H groups in total. The lowest BCUT2D eigenvalue weighted by atomic mass is 10.0. The van der Waals surface area contributed by atoms with Crippen LogP contribution >= 0.6 is 0 Å². The Bertz CT molecular complexity index is 1310. The minimum absolute atomic E-state index is 0.0125. The highest BCUT2D eigenvalue weighted by molar-refractivity contribution is 7.91. The molecule has 0 radical (unpaired) electrons. The standard InChI is InChI=1S/C25H28F3N3O6S/c1-35-24-18(23(27)28)12-16(13-29-24)31-8-9-36-20-3-2-19(21(26)22(20)31)37-17-4-7-30(14-17)25(32)15-5-10-38(33,34)11-6-15/h2-3,12-13,15,17,23H,4-11,14H2,1H3/t17-/m0/s1. The van der Waals surface area contributed by atoms with Crippen molar-refractivity contribution in [2.75, 3.05) is 49.8 Å². The first-order valence-electron chi connectivity index (χ1n) is 12.4. The first kappa shape index (κ1) is 26.4. The zero-order chi connectivity index (χ0) is 27.0. The van der Waals surface area contributed by atoms with Crippen LogP contribution in [0.15, 0.2) is 24.4 Å². The molecule has 0 unspecified atom stereocenters. The summed E-state index contributed by atoms with van der Waals surface area (Å²) in [4.78, 5) is 20.0. The molecule has 1 aromatic carbocycles. The van der Waals surface area contributed by atoms with Gasteiger partial charge < -0.3 is 24.0 Å². The van der Waals surface area contributed by atoms with Crippen molar-refractivity contribution in [3.05, 3.63) is 35.8 Å². The van der Waals surface area contributed by atoms with Crippen molar-refractivity contribution < 1.29 is 40.6 Å². The van der Waals surface area contributed by atoms with Crippen LogP contribution in [-0.4, -0.2) is 75.2 Å². The molecule has 5 rings (SSSR count). The van der Waals surface area contributed by atoms with Crippen molar-refractivity contribution in [3.8, 4) is 17.4 Å². The van der Waals surface area contributed by atoms with Crippen LogP contribution in [0.3, 0.4) is 0 Å². The third-order valence-corrected chi connectivity index (χ3v) is 8.86. The molecule has 2 aromatic rings. The average Bonchev–Trinajstić information content (AvgIpc) is 3.38. The molecule has 2 fully saturated rings. The van der Waals surface area contributed by atoms with Gasteiger partial charge in [0.25, 0.3) is 6.43 Å². The van der Waals surface area contributed by atoms with Gasteiger partial charge in [0.15, 0.2) is 11.6 Å². The number of anilines is 2. The van der Waals surface area contributed by atoms with Crippen LogP contribution in [0.1, 0.15) is 31.3 Å². The second kappa shape index (κ2) is 10.5. The van der Waals surface area contributed by atoms with Gasteiger partial charge in [0, 0.05) is 18.9 Å². The zero-order valence-corrected chi connectivity index (χ0v) is 21.6. The van der Waals surface area contributed by atoms with E-state index in [9.17, 15) is 22.0 Å². The summed E-state index contributed by atoms with van der Waals surface area (Å²) in [6.45, 7) is 1.11. The number of hydrogen-bond donors (Lipinski definition) is 0. The lowest BCUT2D eigenvalue weighted by Gasteiger charge is -2.32. The average molecular weight is 556 g/mol. The van der Waals surface area contributed by atoms with E-state index in [2.05, 4.69) is 4.98 Å². The number of fused-ring (bicyclic) bond motifs is 1. The number of aromatic nitrogens is 1. The van der Waals surface area contributed by atoms with Crippen LogP contribution in [-0.2, 0) is 14.6 Å². The van der Waals surface area contributed by atoms with E-state index < -0.39 is 33.7 Å². The van der Waals surface area contributed by atoms with Gasteiger partial charge in [0.1, 0.15) is 34.0 Å². The molecule has 4 heterocycles. The fourth-order valence-electron chi connectivity index (χ4n) is 5.14. The minimum Gasteiger partial charge on any atom is -0.489 e. The Labute approximate surface area is 218 Å². The molecule has 0 aliphatic carbocycles. The van der Waals surface area contributed by atoms with Crippen molar-refractivity contribution in [1.29, 1.82) is 0 Å². The quantitative estimate of drug-likeness (QED) is 0.534. The highest BCUT2D eigenvalue weighted by Gasteiger charge is 2.36. The number of benzene rings is 1. The van der Waals surface area contributed by atoms with E-state index in [4.69, 9.17) is 14.2 Å². The summed E-state index contributed by atoms with van der Waals surface area (Å²) < 4.78 is 82.8. The Hall–Kier alpha value is -3.22. The van der Waals surface area contributed by atoms with E-state index in [1.807, 2.05) is 0 Å². The Kier molecular flexibility index (Phi) is 7.30. The van der Waals surface area contributed by atoms with Gasteiger partial charge in [-0.1, -0.05) is 0 Å². The maximum Gasteiger partial charge on any atom is 0.269 e. The number of halogens is 3. The number of pyridine rings is 1. The van der Waals surface area contributed by atoms with Crippen molar-refractivity contribution in [2.24, 2.45) is 5.92 Å². The Morgan fingerprint density at radius 3 is 2.66 bits per heavy atom. The van der Waals surface area contributed by atoms with Gasteiger partial charge in [-0.25, -0.2) is 26.6 Å². The number of hydrogen-bond acceptors (Lipinski definition) is 8. The molecule has 206 valence electrons. The number of carbonyl (C=O) groups excluding carboxylic acids is 1. The Morgan fingerprint density at radius 2 is 1.95 bits per heavy atom. The monoisotopic (exact) mass is 555 g/mol. The van der Waals surface area contributed by atoms with Crippen LogP contribution in [0.25, 0.3) is 0 Å². The second-order valence-electron chi connectivity index (χ2n) is 9.56. The van der Waals surface area contributed by atoms with E-state index in [1.165, 1.54) is 30.3 Å². The smallest absolute Gasteiger partial charge is 0.269 e. The van der Waals surface area contributed by atoms with Gasteiger partial charge >= 0.3 is 0 Å². The van der Waals surface area contributed by atoms with Crippen LogP contribution in [0.2, 0.25) is 0 Å². The van der Waals surface area contributed by atoms with Gasteiger partial charge in [-0.15, -0.1) is 0 Å². The molecule has 0 spiro atoms. The second-order valence-corrected chi connectivity index (χ2v) is 11.9. The van der Waals surface area contributed by atoms with E-state index in [1.54, 1.807) is 11.0 Å². The summed E-state index contributed by atoms with van der Waals surface area (Å²) >= 11 is 0. The van der Waals surface area contributed by atoms with Gasteiger partial charge in [-0.3, -0.25) is 4.79 Å². The fraction of sp³-hybridized carbons (Fsp3) is 0.520. The van der Waals surface area contributed by atoms with Crippen LogP contribution in [0.4, 0.5) is 24.5 Å². The van der Waals surface area contributed by atoms with E-state index in [0.717, 1.165) is 0 Å². The number of alkyl halides is 2. The SMILES string of the molecule is COc1ncc(N2CCOc3ccc(O[C@H]4CCN(C(=O)C5CCS(=O)(=O)CC5)C4)c(F)c32)cc1C(F)F. The van der Waals surface area contributed by atoms with E-state index >= 15 is 4.39 Å². The first-order valence-corrected chi connectivity index (χ1v) is 14.2. The zero-order valence-electron chi connectivity index (χ0n) is 20.7. The summed E-state index contributed by atoms with van der Waals surface area (Å²) in [6.07, 6.45) is -0.830. The number of methoxy groups -OCH3 is 1. The largest absolute Gasteiger partial charge is 0.489 e. The number of likely N-dealkylation sites (tertiary alicyclic amines) is 1. The molecule has 2 saturated heterocycles. The fourth-order valence-corrected chi connectivity index (χ4v) is 6.63. The molecule has 1 aromatic heterocycles. The van der Waals surface area contributed by atoms with E-state index in [0.29, 0.717) is 25.8 Å². The number of nitrogens with zero attached hydrogens (tertiary/aromatic N) is 3. The van der Waals surface area contributed by atoms with Crippen LogP contribution < -0.4 is 19.1 Å². The highest BCUT2D eigenvalue weighted by atomic mass is 32.2. The first-order chi connectivity index (χ1) is 18.2. The third-order valence-electron chi connectivity index (χ3n) is 7.14. The number of sulfone groups is 1. The maximum atomic E-state index is 15.8. The minimum atomic E-state index is -3.07. The Balaban J connectivity index is 1.32. The molecule has 13 heteroatoms. The van der Waals surface area contributed by atoms with Crippen LogP contribution in [0.5, 0.6) is 17.4 Å². The van der Waals surface area contributed by atoms with Gasteiger partial charge in [0.05, 0.1) is 49.2 Å². The summed E-state index contributed by atoms with van der Waals surface area (Å²) in [5, 5.41) is 0. The van der Waals surface area contributed by atoms with Gasteiger partial charge in [0.2, 0.25) is 11.8 Å². The summed E-state index contributed by atoms with van der Waals surface area (Å²) in [7, 11) is -1.82. The molecular formula is C25H28F3N3O6S. The number of amides is 1. The van der Waals surface area contributed by atoms with Crippen molar-refractivity contribution >= 4 is 27.1 Å². The molecule has 1 atom stereocenters. The normalized spacial score (nSPS) is 21.2. The van der Waals surface area contributed by atoms with E-state index in [-0.39, 0.29) is 71.8 Å². The van der Waals surface area contributed by atoms with Crippen molar-refractivity contribution in [1.82, 2.24) is 9.88 Å². The lowest BCUT2D eigenvalue weighted by molar-refractivity contribution is -0.135. The summed E-state index contributed by atoms with van der Waals surface area (Å²) in [5.41, 5.74) is -0.0961. The molecule has 0 saturated carbocycles. The summed E-state index contributed by atoms with van der Waals surface area (Å²) in [6, 6.07) is 4.23. The lowest BCUT2D eigenvalue weighted by Crippen LogP contribution is -2.39. The van der Waals surface area contributed by atoms with Crippen molar-refractivity contribution in [2.45, 2.75) is 31.8 Å². The van der Waals surface area contributed by atoms with Gasteiger partial charge in [-0.05, 0) is 31.0 Å². The highest BCUT2D eigenvalue weighted by Crippen LogP contribution is 2.44. The molecule has 3 aliphatic rings. The molecule has 3 aliphatic heterocycles. The topological polar surface area (TPSA) is 98.3 Å². The number of ether oxygens (including phenoxy) is 3.